The molecule has 198 valence electrons. The van der Waals surface area contributed by atoms with Gasteiger partial charge in [-0.3, -0.25) is 9.59 Å². The summed E-state index contributed by atoms with van der Waals surface area (Å²) in [5.74, 6) is -0.536. The molecular formula is C32H29N2O5-. The fraction of sp³-hybridized carbons (Fsp3) is 0.219. The number of hydrogen-bond donors (Lipinski definition) is 1. The van der Waals surface area contributed by atoms with Crippen LogP contribution in [0, 0.1) is 0 Å². The van der Waals surface area contributed by atoms with E-state index in [9.17, 15) is 19.5 Å². The van der Waals surface area contributed by atoms with E-state index in [-0.39, 0.29) is 36.8 Å². The molecule has 4 aromatic rings. The van der Waals surface area contributed by atoms with Crippen molar-refractivity contribution in [3.8, 4) is 0 Å². The highest BCUT2D eigenvalue weighted by Crippen LogP contribution is 2.31. The molecule has 2 unspecified atom stereocenters. The number of benzene rings is 4. The van der Waals surface area contributed by atoms with E-state index in [1.54, 1.807) is 36.4 Å². The van der Waals surface area contributed by atoms with Crippen LogP contribution < -0.4 is 10.4 Å². The summed E-state index contributed by atoms with van der Waals surface area (Å²) in [6, 6.07) is 30.3. The van der Waals surface area contributed by atoms with Crippen LogP contribution in [0.3, 0.4) is 0 Å². The zero-order chi connectivity index (χ0) is 27.2. The van der Waals surface area contributed by atoms with Gasteiger partial charge in [-0.1, -0.05) is 78.9 Å². The predicted octanol–water partition coefficient (Wildman–Crippen LogP) is 4.17. The highest BCUT2D eigenvalue weighted by molar-refractivity contribution is 6.02. The number of likely N-dealkylation sites (tertiary alicyclic amines) is 1. The van der Waals surface area contributed by atoms with Crippen molar-refractivity contribution >= 4 is 28.6 Å². The summed E-state index contributed by atoms with van der Waals surface area (Å²) in [4.78, 5) is 37.8. The smallest absolute Gasteiger partial charge is 0.251 e. The number of rotatable bonds is 8. The number of hydrogen-bond acceptors (Lipinski definition) is 5. The number of ether oxygens (including phenoxy) is 1. The van der Waals surface area contributed by atoms with E-state index in [2.05, 4.69) is 29.6 Å². The average Bonchev–Trinajstić information content (AvgIpc) is 2.99. The maximum atomic E-state index is 12.6. The van der Waals surface area contributed by atoms with E-state index in [1.807, 2.05) is 36.4 Å². The van der Waals surface area contributed by atoms with Crippen LogP contribution in [0.15, 0.2) is 97.1 Å². The monoisotopic (exact) mass is 521 g/mol. The first-order valence-electron chi connectivity index (χ1n) is 13.0. The Kier molecular flexibility index (Phi) is 7.99. The number of amides is 2. The first-order chi connectivity index (χ1) is 19.0. The highest BCUT2D eigenvalue weighted by Gasteiger charge is 2.31. The fourth-order valence-corrected chi connectivity index (χ4v) is 5.03. The van der Waals surface area contributed by atoms with Crippen molar-refractivity contribution in [1.82, 2.24) is 10.2 Å². The molecular weight excluding hydrogens is 492 g/mol. The van der Waals surface area contributed by atoms with Gasteiger partial charge in [0.15, 0.2) is 5.78 Å². The molecule has 1 heterocycles. The predicted molar refractivity (Wildman–Crippen MR) is 146 cm³/mol. The van der Waals surface area contributed by atoms with Crippen molar-refractivity contribution in [1.29, 1.82) is 0 Å². The van der Waals surface area contributed by atoms with Crippen LogP contribution in [0.2, 0.25) is 0 Å². The number of nitrogens with zero attached hydrogens (tertiary/aromatic N) is 1. The number of nitrogens with one attached hydrogen (secondary N) is 1. The summed E-state index contributed by atoms with van der Waals surface area (Å²) in [6.07, 6.45) is -0.996. The van der Waals surface area contributed by atoms with Crippen molar-refractivity contribution < 1.29 is 24.2 Å². The number of carbonyl (C=O) groups is 3. The van der Waals surface area contributed by atoms with Crippen molar-refractivity contribution in [3.05, 3.63) is 119 Å². The molecule has 1 fully saturated rings. The maximum Gasteiger partial charge on any atom is 0.251 e. The van der Waals surface area contributed by atoms with E-state index in [0.29, 0.717) is 30.7 Å². The quantitative estimate of drug-likeness (QED) is 0.351. The lowest BCUT2D eigenvalue weighted by molar-refractivity contribution is -0.268. The van der Waals surface area contributed by atoms with Gasteiger partial charge in [0, 0.05) is 30.1 Å². The summed E-state index contributed by atoms with van der Waals surface area (Å²) < 4.78 is 6.30. The lowest BCUT2D eigenvalue weighted by Crippen LogP contribution is -2.51. The zero-order valence-corrected chi connectivity index (χ0v) is 21.4. The first kappa shape index (κ1) is 26.1. The Morgan fingerprint density at radius 1 is 0.846 bits per heavy atom. The topological polar surface area (TPSA) is 98.8 Å². The first-order valence-corrected chi connectivity index (χ1v) is 13.0. The minimum absolute atomic E-state index is 0.0437. The summed E-state index contributed by atoms with van der Waals surface area (Å²) in [6.45, 7) is 0.830. The minimum Gasteiger partial charge on any atom is -0.530 e. The molecule has 0 aromatic heterocycles. The number of Topliss-reactive ketones (excluding diaryl/α,β-unsaturated/α-hetero) is 1. The molecule has 4 aromatic carbocycles. The van der Waals surface area contributed by atoms with Crippen molar-refractivity contribution in [3.63, 3.8) is 0 Å². The third-order valence-electron chi connectivity index (χ3n) is 7.20. The van der Waals surface area contributed by atoms with Crippen LogP contribution in [-0.2, 0) is 11.3 Å². The molecule has 7 heteroatoms. The summed E-state index contributed by atoms with van der Waals surface area (Å²) in [5, 5.41) is 16.5. The molecule has 0 saturated carbocycles. The molecule has 0 radical (unpaired) electrons. The van der Waals surface area contributed by atoms with Crippen molar-refractivity contribution in [2.45, 2.75) is 25.0 Å². The zero-order valence-electron chi connectivity index (χ0n) is 21.4. The maximum absolute atomic E-state index is 12.6. The van der Waals surface area contributed by atoms with E-state index >= 15 is 0 Å². The molecule has 2 amide bonds. The Labute approximate surface area is 227 Å². The largest absolute Gasteiger partial charge is 0.530 e. The SMILES string of the molecule is O=C(CNC(=O)c1ccc(C2CCN(C(=O)[O-])CC2OCc2ccc3ccccc3c2)cc1)c1ccccc1. The molecule has 39 heavy (non-hydrogen) atoms. The van der Waals surface area contributed by atoms with Gasteiger partial charge in [-0.2, -0.15) is 0 Å². The van der Waals surface area contributed by atoms with Gasteiger partial charge in [0.25, 0.3) is 5.91 Å². The van der Waals surface area contributed by atoms with Gasteiger partial charge < -0.3 is 24.9 Å². The number of carboxylic acid groups (broad SMARTS) is 1. The van der Waals surface area contributed by atoms with Crippen LogP contribution in [0.4, 0.5) is 4.79 Å². The molecule has 2 atom stereocenters. The molecule has 0 spiro atoms. The average molecular weight is 522 g/mol. The molecule has 1 aliphatic heterocycles. The summed E-state index contributed by atoms with van der Waals surface area (Å²) in [7, 11) is 0. The normalized spacial score (nSPS) is 17.1. The van der Waals surface area contributed by atoms with Crippen LogP contribution >= 0.6 is 0 Å². The summed E-state index contributed by atoms with van der Waals surface area (Å²) in [5.41, 5.74) is 2.97. The molecule has 5 rings (SSSR count). The molecule has 1 N–H and O–H groups in total. The summed E-state index contributed by atoms with van der Waals surface area (Å²) >= 11 is 0. The number of carbonyl (C=O) groups excluding carboxylic acids is 3. The lowest BCUT2D eigenvalue weighted by Gasteiger charge is -2.40. The van der Waals surface area contributed by atoms with Gasteiger partial charge in [-0.15, -0.1) is 0 Å². The molecule has 7 nitrogen and oxygen atoms in total. The highest BCUT2D eigenvalue weighted by atomic mass is 16.5. The second-order valence-electron chi connectivity index (χ2n) is 9.73. The van der Waals surface area contributed by atoms with Crippen molar-refractivity contribution in [2.24, 2.45) is 0 Å². The minimum atomic E-state index is -1.20. The standard InChI is InChI=1S/C32H30N2O5/c35-29(25-7-2-1-3-8-25)19-33-31(36)26-14-12-24(13-15-26)28-16-17-34(32(37)38)20-30(28)39-21-22-10-11-23-6-4-5-9-27(23)18-22/h1-15,18,28,30H,16-17,19-21H2,(H,33,36)(H,37,38)/p-1. The third-order valence-corrected chi connectivity index (χ3v) is 7.20. The number of fused-ring (bicyclic) bond motifs is 1. The van der Waals surface area contributed by atoms with E-state index in [0.717, 1.165) is 21.9 Å². The van der Waals surface area contributed by atoms with Crippen LogP contribution in [0.5, 0.6) is 0 Å². The molecule has 1 aliphatic rings. The molecule has 1 saturated heterocycles. The van der Waals surface area contributed by atoms with Gasteiger partial charge in [0.05, 0.1) is 19.3 Å². The Morgan fingerprint density at radius 2 is 1.56 bits per heavy atom. The van der Waals surface area contributed by atoms with E-state index < -0.39 is 6.09 Å². The lowest BCUT2D eigenvalue weighted by atomic mass is 9.86. The molecule has 0 bridgehead atoms. The second-order valence-corrected chi connectivity index (χ2v) is 9.73. The van der Waals surface area contributed by atoms with Crippen LogP contribution in [0.1, 0.15) is 44.2 Å². The fourth-order valence-electron chi connectivity index (χ4n) is 5.03. The Morgan fingerprint density at radius 3 is 2.31 bits per heavy atom. The van der Waals surface area contributed by atoms with Crippen molar-refractivity contribution in [2.75, 3.05) is 19.6 Å². The Hall–Kier alpha value is -4.49. The van der Waals surface area contributed by atoms with E-state index in [1.165, 1.54) is 4.90 Å². The van der Waals surface area contributed by atoms with Gasteiger partial charge in [0.1, 0.15) is 6.09 Å². The van der Waals surface area contributed by atoms with Crippen LogP contribution in [-0.4, -0.2) is 48.4 Å². The van der Waals surface area contributed by atoms with E-state index in [4.69, 9.17) is 4.74 Å². The number of piperidine rings is 1. The second kappa shape index (κ2) is 11.9. The van der Waals surface area contributed by atoms with Gasteiger partial charge in [-0.05, 0) is 46.5 Å². The van der Waals surface area contributed by atoms with Crippen LogP contribution in [0.25, 0.3) is 10.8 Å². The van der Waals surface area contributed by atoms with Gasteiger partial charge in [-0.25, -0.2) is 0 Å². The Balaban J connectivity index is 1.25. The van der Waals surface area contributed by atoms with Gasteiger partial charge >= 0.3 is 0 Å². The third kappa shape index (κ3) is 6.33. The van der Waals surface area contributed by atoms with Gasteiger partial charge in [0.2, 0.25) is 0 Å². The number of ketones is 1. The molecule has 0 aliphatic carbocycles. The Bertz CT molecular complexity index is 1470.